The van der Waals surface area contributed by atoms with Gasteiger partial charge in [-0.15, -0.1) is 0 Å². The quantitative estimate of drug-likeness (QED) is 0.545. The van der Waals surface area contributed by atoms with Crippen LogP contribution in [0.2, 0.25) is 0 Å². The van der Waals surface area contributed by atoms with E-state index in [-0.39, 0.29) is 36.2 Å². The molecule has 1 aliphatic heterocycles. The monoisotopic (exact) mass is 488 g/mol. The lowest BCUT2D eigenvalue weighted by Crippen LogP contribution is -2.48. The average Bonchev–Trinajstić information content (AvgIpc) is 3.25. The highest BCUT2D eigenvalue weighted by atomic mass is 19.1. The Bertz CT molecular complexity index is 1030. The number of likely N-dealkylation sites (tertiary alicyclic amines) is 1. The molecule has 1 atom stereocenters. The first-order valence-electron chi connectivity index (χ1n) is 12.3. The predicted molar refractivity (Wildman–Crippen MR) is 130 cm³/mol. The Morgan fingerprint density at radius 3 is 2.71 bits per heavy atom. The molecule has 0 saturated carbocycles. The molecule has 0 spiro atoms. The fraction of sp³-hybridized carbons (Fsp3) is 0.615. The van der Waals surface area contributed by atoms with E-state index >= 15 is 0 Å². The van der Waals surface area contributed by atoms with E-state index in [4.69, 9.17) is 9.26 Å². The number of aryl methyl sites for hydroxylation is 2. The maximum absolute atomic E-state index is 13.8. The molecular formula is C26H37FN4O4. The number of hydrogen-bond acceptors (Lipinski definition) is 6. The molecule has 1 unspecified atom stereocenters. The minimum absolute atomic E-state index is 0.00431. The summed E-state index contributed by atoms with van der Waals surface area (Å²) in [6.07, 6.45) is 2.08. The Hall–Kier alpha value is -2.97. The molecule has 3 rings (SSSR count). The highest BCUT2D eigenvalue weighted by Crippen LogP contribution is 2.22. The lowest BCUT2D eigenvalue weighted by atomic mass is 9.96. The largest absolute Gasteiger partial charge is 0.444 e. The van der Waals surface area contributed by atoms with Crippen LogP contribution in [0, 0.1) is 18.7 Å². The van der Waals surface area contributed by atoms with Crippen LogP contribution in [0.5, 0.6) is 0 Å². The smallest absolute Gasteiger partial charge is 0.410 e. The number of carbonyl (C=O) groups is 2. The van der Waals surface area contributed by atoms with Gasteiger partial charge in [0.25, 0.3) is 0 Å². The lowest BCUT2D eigenvalue weighted by Gasteiger charge is -2.37. The number of hydrogen-bond donors (Lipinski definition) is 0. The average molecular weight is 489 g/mol. The predicted octanol–water partition coefficient (Wildman–Crippen LogP) is 5.00. The molecule has 2 amide bonds. The molecule has 8 nitrogen and oxygen atoms in total. The van der Waals surface area contributed by atoms with E-state index in [1.807, 2.05) is 39.5 Å². The minimum atomic E-state index is -0.555. The third-order valence-corrected chi connectivity index (χ3v) is 6.03. The van der Waals surface area contributed by atoms with Crippen molar-refractivity contribution in [2.45, 2.75) is 78.9 Å². The molecule has 35 heavy (non-hydrogen) atoms. The molecule has 0 N–H and O–H groups in total. The number of aromatic nitrogens is 2. The van der Waals surface area contributed by atoms with E-state index in [2.05, 4.69) is 10.1 Å². The Labute approximate surface area is 206 Å². The standard InChI is InChI=1S/C26H37FN4O4/c1-17(2)31(25(33)34-26(4,5)6)16-19-8-7-13-30(15-19)23(32)12-11-22-28-24(29-35-22)20-10-9-18(3)21(27)14-20/h9-10,14,17,19H,7-8,11-13,15-16H2,1-6H3. The number of piperidine rings is 1. The zero-order valence-corrected chi connectivity index (χ0v) is 21.6. The third kappa shape index (κ3) is 7.50. The molecular weight excluding hydrogens is 451 g/mol. The summed E-state index contributed by atoms with van der Waals surface area (Å²) in [7, 11) is 0. The van der Waals surface area contributed by atoms with Gasteiger partial charge in [-0.3, -0.25) is 4.79 Å². The molecule has 0 bridgehead atoms. The van der Waals surface area contributed by atoms with E-state index in [1.54, 1.807) is 24.0 Å². The second-order valence-corrected chi connectivity index (χ2v) is 10.6. The summed E-state index contributed by atoms with van der Waals surface area (Å²) in [6, 6.07) is 4.79. The number of halogens is 1. The van der Waals surface area contributed by atoms with Crippen LogP contribution in [0.4, 0.5) is 9.18 Å². The number of amides is 2. The van der Waals surface area contributed by atoms with E-state index in [0.29, 0.717) is 48.9 Å². The molecule has 192 valence electrons. The van der Waals surface area contributed by atoms with Gasteiger partial charge in [0.15, 0.2) is 0 Å². The SMILES string of the molecule is Cc1ccc(-c2noc(CCC(=O)N3CCCC(CN(C(=O)OC(C)(C)C)C(C)C)C3)n2)cc1F. The van der Waals surface area contributed by atoms with Crippen molar-refractivity contribution in [1.82, 2.24) is 19.9 Å². The second-order valence-electron chi connectivity index (χ2n) is 10.6. The van der Waals surface area contributed by atoms with Crippen LogP contribution < -0.4 is 0 Å². The number of rotatable bonds is 7. The van der Waals surface area contributed by atoms with Gasteiger partial charge in [-0.05, 0) is 71.9 Å². The fourth-order valence-corrected chi connectivity index (χ4v) is 4.11. The summed E-state index contributed by atoms with van der Waals surface area (Å²) < 4.78 is 24.7. The summed E-state index contributed by atoms with van der Waals surface area (Å²) in [6.45, 7) is 13.1. The molecule has 1 aromatic carbocycles. The highest BCUT2D eigenvalue weighted by molar-refractivity contribution is 5.76. The summed E-state index contributed by atoms with van der Waals surface area (Å²) in [5.74, 6) is 0.531. The van der Waals surface area contributed by atoms with Crippen LogP contribution in [0.25, 0.3) is 11.4 Å². The van der Waals surface area contributed by atoms with Crippen LogP contribution in [-0.4, -0.2) is 63.2 Å². The summed E-state index contributed by atoms with van der Waals surface area (Å²) in [5, 5.41) is 3.92. The highest BCUT2D eigenvalue weighted by Gasteiger charge is 2.30. The van der Waals surface area contributed by atoms with Crippen molar-refractivity contribution in [2.24, 2.45) is 5.92 Å². The molecule has 1 fully saturated rings. The summed E-state index contributed by atoms with van der Waals surface area (Å²) in [4.78, 5) is 33.5. The molecule has 2 heterocycles. The third-order valence-electron chi connectivity index (χ3n) is 6.03. The van der Waals surface area contributed by atoms with E-state index in [1.165, 1.54) is 6.07 Å². The van der Waals surface area contributed by atoms with Crippen molar-refractivity contribution in [3.63, 3.8) is 0 Å². The van der Waals surface area contributed by atoms with Gasteiger partial charge in [0.2, 0.25) is 17.6 Å². The Morgan fingerprint density at radius 1 is 1.31 bits per heavy atom. The van der Waals surface area contributed by atoms with Crippen LogP contribution >= 0.6 is 0 Å². The fourth-order valence-electron chi connectivity index (χ4n) is 4.11. The Balaban J connectivity index is 1.54. The number of benzene rings is 1. The van der Waals surface area contributed by atoms with Gasteiger partial charge in [0.1, 0.15) is 11.4 Å². The molecule has 2 aromatic rings. The molecule has 1 aliphatic rings. The van der Waals surface area contributed by atoms with Crippen LogP contribution in [-0.2, 0) is 16.0 Å². The van der Waals surface area contributed by atoms with Gasteiger partial charge < -0.3 is 19.1 Å². The topological polar surface area (TPSA) is 88.8 Å². The van der Waals surface area contributed by atoms with Crippen molar-refractivity contribution in [1.29, 1.82) is 0 Å². The van der Waals surface area contributed by atoms with Gasteiger partial charge >= 0.3 is 6.09 Å². The van der Waals surface area contributed by atoms with Crippen molar-refractivity contribution in [3.8, 4) is 11.4 Å². The van der Waals surface area contributed by atoms with Gasteiger partial charge in [-0.1, -0.05) is 17.3 Å². The van der Waals surface area contributed by atoms with Crippen molar-refractivity contribution >= 4 is 12.0 Å². The molecule has 1 aromatic heterocycles. The molecule has 9 heteroatoms. The summed E-state index contributed by atoms with van der Waals surface area (Å²) >= 11 is 0. The first-order chi connectivity index (χ1) is 16.4. The van der Waals surface area contributed by atoms with Gasteiger partial charge in [-0.25, -0.2) is 9.18 Å². The molecule has 0 radical (unpaired) electrons. The van der Waals surface area contributed by atoms with Crippen molar-refractivity contribution in [3.05, 3.63) is 35.5 Å². The van der Waals surface area contributed by atoms with Crippen LogP contribution in [0.3, 0.4) is 0 Å². The maximum Gasteiger partial charge on any atom is 0.410 e. The van der Waals surface area contributed by atoms with Crippen LogP contribution in [0.15, 0.2) is 22.7 Å². The first kappa shape index (κ1) is 26.6. The molecule has 1 saturated heterocycles. The number of carbonyl (C=O) groups excluding carboxylic acids is 2. The second kappa shape index (κ2) is 11.2. The lowest BCUT2D eigenvalue weighted by molar-refractivity contribution is -0.133. The van der Waals surface area contributed by atoms with Gasteiger partial charge in [0.05, 0.1) is 0 Å². The zero-order valence-electron chi connectivity index (χ0n) is 21.6. The minimum Gasteiger partial charge on any atom is -0.444 e. The number of nitrogens with zero attached hydrogens (tertiary/aromatic N) is 4. The van der Waals surface area contributed by atoms with E-state index in [9.17, 15) is 14.0 Å². The molecule has 0 aliphatic carbocycles. The van der Waals surface area contributed by atoms with E-state index < -0.39 is 5.60 Å². The van der Waals surface area contributed by atoms with Crippen molar-refractivity contribution in [2.75, 3.05) is 19.6 Å². The zero-order chi connectivity index (χ0) is 25.8. The normalized spacial score (nSPS) is 16.5. The van der Waals surface area contributed by atoms with Crippen molar-refractivity contribution < 1.29 is 23.2 Å². The summed E-state index contributed by atoms with van der Waals surface area (Å²) in [5.41, 5.74) is 0.527. The number of ether oxygens (including phenoxy) is 1. The van der Waals surface area contributed by atoms with E-state index in [0.717, 1.165) is 12.8 Å². The Morgan fingerprint density at radius 2 is 2.06 bits per heavy atom. The van der Waals surface area contributed by atoms with Crippen LogP contribution in [0.1, 0.15) is 65.3 Å². The van der Waals surface area contributed by atoms with Gasteiger partial charge in [-0.2, -0.15) is 4.98 Å². The first-order valence-corrected chi connectivity index (χ1v) is 12.3. The Kier molecular flexibility index (Phi) is 8.51. The maximum atomic E-state index is 13.8. The van der Waals surface area contributed by atoms with Gasteiger partial charge in [0, 0.05) is 44.1 Å².